The molecule has 0 bridgehead atoms. The Labute approximate surface area is 161 Å². The highest BCUT2D eigenvalue weighted by atomic mass is 16.3. The number of likely N-dealkylation sites (tertiary alicyclic amines) is 1. The van der Waals surface area contributed by atoms with Gasteiger partial charge in [-0.2, -0.15) is 0 Å². The third kappa shape index (κ3) is 5.17. The zero-order valence-electron chi connectivity index (χ0n) is 16.3. The molecule has 6 nitrogen and oxygen atoms in total. The molecule has 2 aromatic rings. The number of rotatable bonds is 7. The lowest BCUT2D eigenvalue weighted by Crippen LogP contribution is -2.38. The Hall–Kier alpha value is -2.18. The van der Waals surface area contributed by atoms with Crippen molar-refractivity contribution in [1.29, 1.82) is 0 Å². The number of amides is 1. The smallest absolute Gasteiger partial charge is 0.223 e. The highest BCUT2D eigenvalue weighted by Crippen LogP contribution is 2.29. The van der Waals surface area contributed by atoms with Crippen molar-refractivity contribution in [2.45, 2.75) is 31.9 Å². The van der Waals surface area contributed by atoms with Crippen molar-refractivity contribution in [3.63, 3.8) is 0 Å². The van der Waals surface area contributed by atoms with Gasteiger partial charge >= 0.3 is 0 Å². The van der Waals surface area contributed by atoms with Crippen molar-refractivity contribution in [3.8, 4) is 0 Å². The van der Waals surface area contributed by atoms with E-state index in [4.69, 9.17) is 0 Å². The summed E-state index contributed by atoms with van der Waals surface area (Å²) >= 11 is 0. The molecule has 0 spiro atoms. The predicted octanol–water partition coefficient (Wildman–Crippen LogP) is 2.21. The molecular formula is C21H30N4O2. The summed E-state index contributed by atoms with van der Waals surface area (Å²) in [5.41, 5.74) is 1.15. The van der Waals surface area contributed by atoms with E-state index in [0.717, 1.165) is 43.9 Å². The minimum absolute atomic E-state index is 0.175. The number of piperidine rings is 1. The van der Waals surface area contributed by atoms with Crippen LogP contribution in [0.4, 0.5) is 0 Å². The molecular weight excluding hydrogens is 340 g/mol. The summed E-state index contributed by atoms with van der Waals surface area (Å²) < 4.78 is 1.89. The SMILES string of the molecule is CN(Cc1ccccc1)C(=O)CCN1CCC(C(O)c2nccn2C)CC1. The van der Waals surface area contributed by atoms with E-state index in [0.29, 0.717) is 13.0 Å². The molecule has 6 heteroatoms. The first-order chi connectivity index (χ1) is 13.0. The third-order valence-corrected chi connectivity index (χ3v) is 5.53. The predicted molar refractivity (Wildman–Crippen MR) is 105 cm³/mol. The van der Waals surface area contributed by atoms with Crippen LogP contribution in [-0.2, 0) is 18.4 Å². The van der Waals surface area contributed by atoms with Gasteiger partial charge in [0.15, 0.2) is 0 Å². The van der Waals surface area contributed by atoms with Crippen LogP contribution in [0.3, 0.4) is 0 Å². The van der Waals surface area contributed by atoms with E-state index in [1.54, 1.807) is 11.1 Å². The van der Waals surface area contributed by atoms with Gasteiger partial charge in [-0.15, -0.1) is 0 Å². The molecule has 3 rings (SSSR count). The zero-order valence-corrected chi connectivity index (χ0v) is 16.3. The van der Waals surface area contributed by atoms with Gasteiger partial charge in [0.25, 0.3) is 0 Å². The van der Waals surface area contributed by atoms with E-state index >= 15 is 0 Å². The first-order valence-electron chi connectivity index (χ1n) is 9.70. The van der Waals surface area contributed by atoms with Crippen LogP contribution in [0.25, 0.3) is 0 Å². The standard InChI is InChI=1S/C21H30N4O2/c1-23-15-11-22-21(23)20(27)18-8-12-25(13-9-18)14-10-19(26)24(2)16-17-6-4-3-5-7-17/h3-7,11,15,18,20,27H,8-10,12-14,16H2,1-2H3. The van der Waals surface area contributed by atoms with E-state index in [1.165, 1.54) is 0 Å². The number of aliphatic hydroxyl groups excluding tert-OH is 1. The summed E-state index contributed by atoms with van der Waals surface area (Å²) in [5, 5.41) is 10.6. The second kappa shape index (κ2) is 9.15. The maximum absolute atomic E-state index is 12.4. The van der Waals surface area contributed by atoms with Crippen LogP contribution >= 0.6 is 0 Å². The number of hydrogen-bond donors (Lipinski definition) is 1. The maximum Gasteiger partial charge on any atom is 0.223 e. The van der Waals surface area contributed by atoms with Gasteiger partial charge in [-0.05, 0) is 37.4 Å². The number of imidazole rings is 1. The number of benzene rings is 1. The van der Waals surface area contributed by atoms with Crippen LogP contribution in [0.15, 0.2) is 42.7 Å². The van der Waals surface area contributed by atoms with Gasteiger partial charge in [0.2, 0.25) is 5.91 Å². The first kappa shape index (κ1) is 19.6. The largest absolute Gasteiger partial charge is 0.385 e. The Balaban J connectivity index is 1.40. The fourth-order valence-corrected chi connectivity index (χ4v) is 3.76. The average Bonchev–Trinajstić information content (AvgIpc) is 3.12. The van der Waals surface area contributed by atoms with Gasteiger partial charge < -0.3 is 19.5 Å². The number of hydrogen-bond acceptors (Lipinski definition) is 4. The normalized spacial score (nSPS) is 17.0. The molecule has 1 N–H and O–H groups in total. The second-order valence-corrected chi connectivity index (χ2v) is 7.51. The molecule has 1 aromatic heterocycles. The molecule has 1 aliphatic rings. The molecule has 1 saturated heterocycles. The summed E-state index contributed by atoms with van der Waals surface area (Å²) in [7, 11) is 3.78. The molecule has 2 heterocycles. The number of carbonyl (C=O) groups is 1. The zero-order chi connectivity index (χ0) is 19.2. The Kier molecular flexibility index (Phi) is 6.63. The number of nitrogens with zero attached hydrogens (tertiary/aromatic N) is 4. The van der Waals surface area contributed by atoms with Crippen molar-refractivity contribution in [2.24, 2.45) is 13.0 Å². The monoisotopic (exact) mass is 370 g/mol. The Morgan fingerprint density at radius 1 is 1.30 bits per heavy atom. The van der Waals surface area contributed by atoms with Gasteiger partial charge in [0, 0.05) is 46.0 Å². The minimum atomic E-state index is -0.509. The third-order valence-electron chi connectivity index (χ3n) is 5.53. The molecule has 0 aliphatic carbocycles. The van der Waals surface area contributed by atoms with Gasteiger partial charge in [0.05, 0.1) is 0 Å². The molecule has 0 saturated carbocycles. The number of carbonyl (C=O) groups excluding carboxylic acids is 1. The van der Waals surface area contributed by atoms with Crippen LogP contribution < -0.4 is 0 Å². The molecule has 1 aromatic carbocycles. The van der Waals surface area contributed by atoms with E-state index in [-0.39, 0.29) is 11.8 Å². The molecule has 1 unspecified atom stereocenters. The van der Waals surface area contributed by atoms with Gasteiger partial charge in [-0.3, -0.25) is 4.79 Å². The fraction of sp³-hybridized carbons (Fsp3) is 0.524. The van der Waals surface area contributed by atoms with E-state index in [1.807, 2.05) is 55.2 Å². The molecule has 1 atom stereocenters. The van der Waals surface area contributed by atoms with Crippen LogP contribution in [-0.4, -0.2) is 57.0 Å². The molecule has 27 heavy (non-hydrogen) atoms. The lowest BCUT2D eigenvalue weighted by molar-refractivity contribution is -0.130. The Bertz CT molecular complexity index is 723. The average molecular weight is 370 g/mol. The maximum atomic E-state index is 12.4. The highest BCUT2D eigenvalue weighted by Gasteiger charge is 2.28. The molecule has 1 fully saturated rings. The van der Waals surface area contributed by atoms with E-state index < -0.39 is 6.10 Å². The van der Waals surface area contributed by atoms with Crippen molar-refractivity contribution >= 4 is 5.91 Å². The summed E-state index contributed by atoms with van der Waals surface area (Å²) in [5.74, 6) is 1.15. The number of aliphatic hydroxyl groups is 1. The van der Waals surface area contributed by atoms with Gasteiger partial charge in [-0.1, -0.05) is 30.3 Å². The first-order valence-corrected chi connectivity index (χ1v) is 9.70. The topological polar surface area (TPSA) is 61.6 Å². The van der Waals surface area contributed by atoms with Crippen molar-refractivity contribution in [3.05, 3.63) is 54.1 Å². The lowest BCUT2D eigenvalue weighted by atomic mass is 9.90. The summed E-state index contributed by atoms with van der Waals surface area (Å²) in [6.07, 6.45) is 5.49. The van der Waals surface area contributed by atoms with E-state index in [2.05, 4.69) is 9.88 Å². The minimum Gasteiger partial charge on any atom is -0.385 e. The van der Waals surface area contributed by atoms with Crippen molar-refractivity contribution in [2.75, 3.05) is 26.7 Å². The van der Waals surface area contributed by atoms with Gasteiger partial charge in [0.1, 0.15) is 11.9 Å². The summed E-state index contributed by atoms with van der Waals surface area (Å²) in [6, 6.07) is 10.1. The molecule has 146 valence electrons. The van der Waals surface area contributed by atoms with Crippen molar-refractivity contribution in [1.82, 2.24) is 19.4 Å². The Morgan fingerprint density at radius 2 is 2.00 bits per heavy atom. The van der Waals surface area contributed by atoms with Crippen LogP contribution in [0, 0.1) is 5.92 Å². The van der Waals surface area contributed by atoms with Gasteiger partial charge in [-0.25, -0.2) is 4.98 Å². The molecule has 1 amide bonds. The molecule has 0 radical (unpaired) electrons. The quantitative estimate of drug-likeness (QED) is 0.812. The van der Waals surface area contributed by atoms with Crippen LogP contribution in [0.2, 0.25) is 0 Å². The lowest BCUT2D eigenvalue weighted by Gasteiger charge is -2.34. The number of aromatic nitrogens is 2. The Morgan fingerprint density at radius 3 is 2.63 bits per heavy atom. The number of aryl methyl sites for hydroxylation is 1. The van der Waals surface area contributed by atoms with Crippen molar-refractivity contribution < 1.29 is 9.90 Å². The van der Waals surface area contributed by atoms with E-state index in [9.17, 15) is 9.90 Å². The molecule has 1 aliphatic heterocycles. The summed E-state index contributed by atoms with van der Waals surface area (Å²) in [4.78, 5) is 20.8. The second-order valence-electron chi connectivity index (χ2n) is 7.51. The van der Waals surface area contributed by atoms with Crippen LogP contribution in [0.5, 0.6) is 0 Å². The highest BCUT2D eigenvalue weighted by molar-refractivity contribution is 5.76. The fourth-order valence-electron chi connectivity index (χ4n) is 3.76. The summed E-state index contributed by atoms with van der Waals surface area (Å²) in [6.45, 7) is 3.27. The van der Waals surface area contributed by atoms with Crippen LogP contribution in [0.1, 0.15) is 36.8 Å².